The maximum atomic E-state index is 12.7. The first kappa shape index (κ1) is 17.4. The summed E-state index contributed by atoms with van der Waals surface area (Å²) in [6, 6.07) is 11.8. The van der Waals surface area contributed by atoms with E-state index < -0.39 is 26.6 Å². The van der Waals surface area contributed by atoms with Crippen LogP contribution in [0.25, 0.3) is 0 Å². The minimum atomic E-state index is -3.92. The van der Waals surface area contributed by atoms with Crippen molar-refractivity contribution in [2.75, 3.05) is 0 Å². The van der Waals surface area contributed by atoms with Gasteiger partial charge in [-0.2, -0.15) is 0 Å². The number of rotatable bonds is 4. The highest BCUT2D eigenvalue weighted by atomic mass is 32.2. The summed E-state index contributed by atoms with van der Waals surface area (Å²) in [5.41, 5.74) is -0.0593. The summed E-state index contributed by atoms with van der Waals surface area (Å²) in [5, 5.41) is 10.9. The van der Waals surface area contributed by atoms with Gasteiger partial charge < -0.3 is 4.74 Å². The van der Waals surface area contributed by atoms with E-state index in [1.807, 2.05) is 32.0 Å². The molecule has 25 heavy (non-hydrogen) atoms. The first-order valence-corrected chi connectivity index (χ1v) is 9.21. The number of para-hydroxylation sites is 1. The smallest absolute Gasteiger partial charge is 0.270 e. The fourth-order valence-electron chi connectivity index (χ4n) is 2.93. The molecule has 3 rings (SSSR count). The summed E-state index contributed by atoms with van der Waals surface area (Å²) < 4.78 is 34.0. The Labute approximate surface area is 145 Å². The van der Waals surface area contributed by atoms with Gasteiger partial charge in [0.05, 0.1) is 15.9 Å². The molecule has 1 heterocycles. The van der Waals surface area contributed by atoms with Gasteiger partial charge in [-0.1, -0.05) is 24.3 Å². The van der Waals surface area contributed by atoms with E-state index in [1.165, 1.54) is 18.2 Å². The maximum Gasteiger partial charge on any atom is 0.270 e. The molecule has 0 aliphatic carbocycles. The number of nitro groups is 1. The average Bonchev–Trinajstić information content (AvgIpc) is 2.53. The number of non-ortho nitro benzene ring substituents is 1. The molecule has 2 aromatic carbocycles. The molecule has 1 unspecified atom stereocenters. The van der Waals surface area contributed by atoms with E-state index in [9.17, 15) is 18.5 Å². The molecule has 0 saturated heterocycles. The van der Waals surface area contributed by atoms with E-state index in [-0.39, 0.29) is 10.6 Å². The molecule has 1 atom stereocenters. The Balaban J connectivity index is 1.96. The molecule has 0 bridgehead atoms. The van der Waals surface area contributed by atoms with Gasteiger partial charge in [-0.05, 0) is 26.0 Å². The predicted octanol–water partition coefficient (Wildman–Crippen LogP) is 3.18. The van der Waals surface area contributed by atoms with Crippen LogP contribution in [0.2, 0.25) is 0 Å². The summed E-state index contributed by atoms with van der Waals surface area (Å²) in [7, 11) is -3.92. The van der Waals surface area contributed by atoms with Crippen LogP contribution in [0.1, 0.15) is 31.9 Å². The van der Waals surface area contributed by atoms with E-state index in [0.29, 0.717) is 12.2 Å². The average molecular weight is 362 g/mol. The molecule has 7 nitrogen and oxygen atoms in total. The van der Waals surface area contributed by atoms with Crippen molar-refractivity contribution in [3.63, 3.8) is 0 Å². The molecule has 0 fully saturated rings. The third-order valence-electron chi connectivity index (χ3n) is 4.01. The summed E-state index contributed by atoms with van der Waals surface area (Å²) in [4.78, 5) is 10.1. The minimum Gasteiger partial charge on any atom is -0.487 e. The second kappa shape index (κ2) is 6.12. The number of ether oxygens (including phenoxy) is 1. The standard InChI is InChI=1S/C17H18N2O5S/c1-17(2)11-15(14-8-3-4-9-16(14)24-17)18-25(22,23)13-7-5-6-12(10-13)19(20)21/h3-10,15,18H,11H2,1-2H3. The SMILES string of the molecule is CC1(C)CC(NS(=O)(=O)c2cccc([N+](=O)[O-])c2)c2ccccc2O1. The Morgan fingerprint density at radius 1 is 1.20 bits per heavy atom. The maximum absolute atomic E-state index is 12.7. The largest absolute Gasteiger partial charge is 0.487 e. The Hall–Kier alpha value is -2.45. The molecule has 0 amide bonds. The monoisotopic (exact) mass is 362 g/mol. The number of fused-ring (bicyclic) bond motifs is 1. The van der Waals surface area contributed by atoms with Gasteiger partial charge >= 0.3 is 0 Å². The number of benzene rings is 2. The van der Waals surface area contributed by atoms with Gasteiger partial charge in [0.1, 0.15) is 11.4 Å². The van der Waals surface area contributed by atoms with Gasteiger partial charge in [0, 0.05) is 24.1 Å². The molecule has 8 heteroatoms. The lowest BCUT2D eigenvalue weighted by Crippen LogP contribution is -2.41. The van der Waals surface area contributed by atoms with Crippen LogP contribution >= 0.6 is 0 Å². The Morgan fingerprint density at radius 3 is 2.64 bits per heavy atom. The lowest BCUT2D eigenvalue weighted by atomic mass is 9.90. The molecule has 132 valence electrons. The summed E-state index contributed by atoms with van der Waals surface area (Å²) in [6.07, 6.45) is 0.443. The van der Waals surface area contributed by atoms with Crippen molar-refractivity contribution < 1.29 is 18.1 Å². The van der Waals surface area contributed by atoms with E-state index in [0.717, 1.165) is 11.6 Å². The zero-order valence-corrected chi connectivity index (χ0v) is 14.6. The molecule has 2 aromatic rings. The number of sulfonamides is 1. The third-order valence-corrected chi connectivity index (χ3v) is 5.48. The second-order valence-electron chi connectivity index (χ2n) is 6.53. The van der Waals surface area contributed by atoms with Crippen LogP contribution in [0, 0.1) is 10.1 Å². The topological polar surface area (TPSA) is 98.5 Å². The van der Waals surface area contributed by atoms with Crippen molar-refractivity contribution in [3.05, 3.63) is 64.2 Å². The van der Waals surface area contributed by atoms with Gasteiger partial charge in [0.15, 0.2) is 0 Å². The summed E-state index contributed by atoms with van der Waals surface area (Å²) >= 11 is 0. The molecule has 1 aliphatic rings. The highest BCUT2D eigenvalue weighted by Crippen LogP contribution is 2.39. The van der Waals surface area contributed by atoms with Crippen molar-refractivity contribution >= 4 is 15.7 Å². The number of hydrogen-bond acceptors (Lipinski definition) is 5. The molecule has 0 spiro atoms. The fourth-order valence-corrected chi connectivity index (χ4v) is 4.18. The van der Waals surface area contributed by atoms with Crippen LogP contribution in [-0.2, 0) is 10.0 Å². The number of nitrogens with one attached hydrogen (secondary N) is 1. The molecule has 0 radical (unpaired) electrons. The lowest BCUT2D eigenvalue weighted by Gasteiger charge is -2.37. The zero-order valence-electron chi connectivity index (χ0n) is 13.8. The number of nitro benzene ring substituents is 1. The predicted molar refractivity (Wildman–Crippen MR) is 91.9 cm³/mol. The lowest BCUT2D eigenvalue weighted by molar-refractivity contribution is -0.385. The highest BCUT2D eigenvalue weighted by molar-refractivity contribution is 7.89. The molecule has 0 saturated carbocycles. The molecular weight excluding hydrogens is 344 g/mol. The zero-order chi connectivity index (χ0) is 18.2. The van der Waals surface area contributed by atoms with Crippen LogP contribution in [0.5, 0.6) is 5.75 Å². The highest BCUT2D eigenvalue weighted by Gasteiger charge is 2.36. The Morgan fingerprint density at radius 2 is 1.92 bits per heavy atom. The molecular formula is C17H18N2O5S. The van der Waals surface area contributed by atoms with Gasteiger partial charge in [-0.3, -0.25) is 10.1 Å². The van der Waals surface area contributed by atoms with Gasteiger partial charge in [-0.15, -0.1) is 0 Å². The Bertz CT molecular complexity index is 924. The first-order chi connectivity index (χ1) is 11.7. The second-order valence-corrected chi connectivity index (χ2v) is 8.25. The summed E-state index contributed by atoms with van der Waals surface area (Å²) in [6.45, 7) is 3.77. The van der Waals surface area contributed by atoms with E-state index in [4.69, 9.17) is 4.74 Å². The van der Waals surface area contributed by atoms with Crippen molar-refractivity contribution in [1.29, 1.82) is 0 Å². The van der Waals surface area contributed by atoms with Crippen molar-refractivity contribution in [2.24, 2.45) is 0 Å². The molecule has 0 aromatic heterocycles. The number of hydrogen-bond donors (Lipinski definition) is 1. The van der Waals surface area contributed by atoms with Crippen LogP contribution in [0.4, 0.5) is 5.69 Å². The number of nitrogens with zero attached hydrogens (tertiary/aromatic N) is 1. The van der Waals surface area contributed by atoms with Crippen LogP contribution < -0.4 is 9.46 Å². The van der Waals surface area contributed by atoms with Crippen LogP contribution in [0.3, 0.4) is 0 Å². The van der Waals surface area contributed by atoms with Gasteiger partial charge in [0.25, 0.3) is 5.69 Å². The molecule has 1 aliphatic heterocycles. The normalized spacial score (nSPS) is 18.9. The first-order valence-electron chi connectivity index (χ1n) is 7.73. The quantitative estimate of drug-likeness (QED) is 0.665. The molecule has 1 N–H and O–H groups in total. The van der Waals surface area contributed by atoms with Gasteiger partial charge in [0.2, 0.25) is 10.0 Å². The van der Waals surface area contributed by atoms with Crippen LogP contribution in [0.15, 0.2) is 53.4 Å². The van der Waals surface area contributed by atoms with Crippen molar-refractivity contribution in [3.8, 4) is 5.75 Å². The van der Waals surface area contributed by atoms with E-state index >= 15 is 0 Å². The van der Waals surface area contributed by atoms with Gasteiger partial charge in [-0.25, -0.2) is 13.1 Å². The minimum absolute atomic E-state index is 0.136. The third kappa shape index (κ3) is 3.64. The fraction of sp³-hybridized carbons (Fsp3) is 0.294. The Kier molecular flexibility index (Phi) is 4.26. The van der Waals surface area contributed by atoms with Crippen LogP contribution in [-0.4, -0.2) is 18.9 Å². The van der Waals surface area contributed by atoms with E-state index in [1.54, 1.807) is 6.07 Å². The van der Waals surface area contributed by atoms with Crippen molar-refractivity contribution in [2.45, 2.75) is 36.8 Å². The summed E-state index contributed by atoms with van der Waals surface area (Å²) in [5.74, 6) is 0.630. The van der Waals surface area contributed by atoms with Crippen molar-refractivity contribution in [1.82, 2.24) is 4.72 Å². The van der Waals surface area contributed by atoms with E-state index in [2.05, 4.69) is 4.72 Å².